The highest BCUT2D eigenvalue weighted by atomic mass is 35.5. The van der Waals surface area contributed by atoms with Gasteiger partial charge in [-0.15, -0.1) is 15.3 Å². The molecule has 0 fully saturated rings. The van der Waals surface area contributed by atoms with Crippen LogP contribution in [-0.4, -0.2) is 38.9 Å². The van der Waals surface area contributed by atoms with Gasteiger partial charge in [0.25, 0.3) is 5.91 Å². The second kappa shape index (κ2) is 8.64. The molecule has 0 unspecified atom stereocenters. The van der Waals surface area contributed by atoms with E-state index < -0.39 is 11.7 Å². The highest BCUT2D eigenvalue weighted by Crippen LogP contribution is 2.26. The first-order valence-electron chi connectivity index (χ1n) is 8.87. The third-order valence-electron chi connectivity index (χ3n) is 4.18. The van der Waals surface area contributed by atoms with Crippen molar-refractivity contribution < 1.29 is 13.9 Å². The number of carbonyl (C=O) groups is 1. The van der Waals surface area contributed by atoms with E-state index in [1.54, 1.807) is 18.2 Å². The van der Waals surface area contributed by atoms with Crippen LogP contribution in [0.3, 0.4) is 0 Å². The molecule has 30 heavy (non-hydrogen) atoms. The maximum absolute atomic E-state index is 13.8. The van der Waals surface area contributed by atoms with E-state index in [4.69, 9.17) is 27.9 Å². The van der Waals surface area contributed by atoms with Crippen LogP contribution >= 0.6 is 23.2 Å². The largest absolute Gasteiger partial charge is 0.475 e. The highest BCUT2D eigenvalue weighted by molar-refractivity contribution is 6.34. The molecule has 1 N–H and O–H groups in total. The molecule has 0 spiro atoms. The van der Waals surface area contributed by atoms with Gasteiger partial charge in [-0.2, -0.15) is 4.52 Å². The van der Waals surface area contributed by atoms with Gasteiger partial charge in [0.1, 0.15) is 12.4 Å². The van der Waals surface area contributed by atoms with Crippen LogP contribution in [0.15, 0.2) is 54.6 Å². The van der Waals surface area contributed by atoms with Crippen LogP contribution in [0.5, 0.6) is 5.88 Å². The Labute approximate surface area is 180 Å². The lowest BCUT2D eigenvalue weighted by Gasteiger charge is -2.09. The van der Waals surface area contributed by atoms with Gasteiger partial charge in [-0.3, -0.25) is 4.79 Å². The number of nitrogens with zero attached hydrogens (tertiary/aromatic N) is 4. The predicted octanol–water partition coefficient (Wildman–Crippen LogP) is 4.05. The summed E-state index contributed by atoms with van der Waals surface area (Å²) in [6.45, 7) is 0.239. The van der Waals surface area contributed by atoms with Crippen LogP contribution in [0.25, 0.3) is 17.0 Å². The molecule has 0 bridgehead atoms. The number of amides is 1. The van der Waals surface area contributed by atoms with E-state index in [9.17, 15) is 9.18 Å². The fourth-order valence-electron chi connectivity index (χ4n) is 2.78. The van der Waals surface area contributed by atoms with Crippen LogP contribution in [0.2, 0.25) is 10.0 Å². The molecule has 0 atom stereocenters. The predicted molar refractivity (Wildman–Crippen MR) is 110 cm³/mol. The smallest absolute Gasteiger partial charge is 0.255 e. The number of hydrogen-bond donors (Lipinski definition) is 1. The van der Waals surface area contributed by atoms with E-state index in [0.29, 0.717) is 27.9 Å². The van der Waals surface area contributed by atoms with E-state index in [1.165, 1.54) is 22.7 Å². The molecule has 1 amide bonds. The zero-order valence-electron chi connectivity index (χ0n) is 15.3. The molecule has 2 heterocycles. The lowest BCUT2D eigenvalue weighted by molar-refractivity contribution is 0.0942. The number of halogens is 3. The minimum atomic E-state index is -0.687. The maximum Gasteiger partial charge on any atom is 0.255 e. The van der Waals surface area contributed by atoms with Gasteiger partial charge in [0, 0.05) is 11.6 Å². The molecule has 4 rings (SSSR count). The molecule has 0 saturated heterocycles. The number of benzene rings is 2. The molecule has 7 nitrogen and oxygen atoms in total. The molecular weight excluding hydrogens is 432 g/mol. The number of fused-ring (bicyclic) bond motifs is 1. The molecule has 0 aliphatic rings. The van der Waals surface area contributed by atoms with E-state index in [-0.39, 0.29) is 23.7 Å². The van der Waals surface area contributed by atoms with Crippen molar-refractivity contribution in [2.45, 2.75) is 0 Å². The summed E-state index contributed by atoms with van der Waals surface area (Å²) in [6.07, 6.45) is 0. The zero-order valence-corrected chi connectivity index (χ0v) is 16.9. The Hall–Kier alpha value is -3.23. The molecular formula is C20H14Cl2FN5O2. The van der Waals surface area contributed by atoms with Gasteiger partial charge in [0.05, 0.1) is 22.2 Å². The molecule has 0 radical (unpaired) electrons. The number of rotatable bonds is 6. The highest BCUT2D eigenvalue weighted by Gasteiger charge is 2.16. The Morgan fingerprint density at radius 3 is 2.63 bits per heavy atom. The summed E-state index contributed by atoms with van der Waals surface area (Å²) in [5, 5.41) is 15.7. The first kappa shape index (κ1) is 20.1. The Morgan fingerprint density at radius 1 is 1.03 bits per heavy atom. The Morgan fingerprint density at radius 2 is 1.83 bits per heavy atom. The Bertz CT molecular complexity index is 1210. The molecule has 2 aromatic heterocycles. The topological polar surface area (TPSA) is 81.4 Å². The van der Waals surface area contributed by atoms with E-state index in [2.05, 4.69) is 20.6 Å². The van der Waals surface area contributed by atoms with Crippen LogP contribution in [0.1, 0.15) is 10.4 Å². The fraction of sp³-hybridized carbons (Fsp3) is 0.100. The fourth-order valence-corrected chi connectivity index (χ4v) is 3.25. The monoisotopic (exact) mass is 445 g/mol. The standard InChI is InChI=1S/C20H14Cl2FN5O2/c21-13-5-2-1-4-12(13)19-26-25-16-8-9-17(27-28(16)19)30-11-10-24-20(29)18-14(22)6-3-7-15(18)23/h1-9H,10-11H2,(H,24,29). The minimum Gasteiger partial charge on any atom is -0.475 e. The van der Waals surface area contributed by atoms with Gasteiger partial charge < -0.3 is 10.1 Å². The molecule has 152 valence electrons. The van der Waals surface area contributed by atoms with Crippen molar-refractivity contribution in [1.82, 2.24) is 25.1 Å². The van der Waals surface area contributed by atoms with Crippen molar-refractivity contribution >= 4 is 34.8 Å². The number of aromatic nitrogens is 4. The van der Waals surface area contributed by atoms with Gasteiger partial charge >= 0.3 is 0 Å². The molecule has 0 aliphatic carbocycles. The molecule has 0 aliphatic heterocycles. The summed E-state index contributed by atoms with van der Waals surface area (Å²) in [6, 6.07) is 14.6. The van der Waals surface area contributed by atoms with Crippen molar-refractivity contribution in [2.24, 2.45) is 0 Å². The van der Waals surface area contributed by atoms with E-state index >= 15 is 0 Å². The van der Waals surface area contributed by atoms with Gasteiger partial charge in [0.15, 0.2) is 11.5 Å². The van der Waals surface area contributed by atoms with Crippen molar-refractivity contribution in [3.63, 3.8) is 0 Å². The number of carbonyl (C=O) groups excluding carboxylic acids is 1. The van der Waals surface area contributed by atoms with Crippen molar-refractivity contribution in [2.75, 3.05) is 13.2 Å². The normalized spacial score (nSPS) is 10.9. The van der Waals surface area contributed by atoms with Crippen LogP contribution in [0.4, 0.5) is 4.39 Å². The molecule has 0 saturated carbocycles. The summed E-state index contributed by atoms with van der Waals surface area (Å²) in [7, 11) is 0. The van der Waals surface area contributed by atoms with Crippen molar-refractivity contribution in [1.29, 1.82) is 0 Å². The summed E-state index contributed by atoms with van der Waals surface area (Å²) in [5.41, 5.74) is 1.01. The molecule has 2 aromatic carbocycles. The second-order valence-corrected chi connectivity index (χ2v) is 6.96. The van der Waals surface area contributed by atoms with Crippen molar-refractivity contribution in [3.8, 4) is 17.3 Å². The van der Waals surface area contributed by atoms with Crippen molar-refractivity contribution in [3.05, 3.63) is 76.0 Å². The lowest BCUT2D eigenvalue weighted by atomic mass is 10.2. The zero-order chi connectivity index (χ0) is 21.1. The molecule has 4 aromatic rings. The van der Waals surface area contributed by atoms with Crippen LogP contribution in [0, 0.1) is 5.82 Å². The minimum absolute atomic E-state index is 0.0419. The van der Waals surface area contributed by atoms with Gasteiger partial charge in [0.2, 0.25) is 5.88 Å². The summed E-state index contributed by atoms with van der Waals surface area (Å²) >= 11 is 12.1. The average Bonchev–Trinajstić information content (AvgIpc) is 3.14. The Kier molecular flexibility index (Phi) is 5.78. The number of nitrogens with one attached hydrogen (secondary N) is 1. The third kappa shape index (κ3) is 4.05. The number of hydrogen-bond acceptors (Lipinski definition) is 5. The van der Waals surface area contributed by atoms with Crippen LogP contribution < -0.4 is 10.1 Å². The first-order valence-corrected chi connectivity index (χ1v) is 9.62. The average molecular weight is 446 g/mol. The summed E-state index contributed by atoms with van der Waals surface area (Å²) < 4.78 is 20.9. The van der Waals surface area contributed by atoms with Crippen LogP contribution in [-0.2, 0) is 0 Å². The summed E-state index contributed by atoms with van der Waals surface area (Å²) in [5.74, 6) is -0.532. The maximum atomic E-state index is 13.8. The van der Waals surface area contributed by atoms with Gasteiger partial charge in [-0.25, -0.2) is 4.39 Å². The summed E-state index contributed by atoms with van der Waals surface area (Å²) in [4.78, 5) is 12.1. The lowest BCUT2D eigenvalue weighted by Crippen LogP contribution is -2.29. The first-order chi connectivity index (χ1) is 14.5. The Balaban J connectivity index is 1.43. The quantitative estimate of drug-likeness (QED) is 0.452. The SMILES string of the molecule is O=C(NCCOc1ccc2nnc(-c3ccccc3Cl)n2n1)c1c(F)cccc1Cl. The third-order valence-corrected chi connectivity index (χ3v) is 4.83. The second-order valence-electron chi connectivity index (χ2n) is 6.15. The van der Waals surface area contributed by atoms with E-state index in [0.717, 1.165) is 0 Å². The van der Waals surface area contributed by atoms with E-state index in [1.807, 2.05) is 18.2 Å². The molecule has 10 heteroatoms. The van der Waals surface area contributed by atoms with Gasteiger partial charge in [-0.1, -0.05) is 41.4 Å². The van der Waals surface area contributed by atoms with Gasteiger partial charge in [-0.05, 0) is 30.3 Å². The number of ether oxygens (including phenoxy) is 1.